The molecule has 0 bridgehead atoms. The summed E-state index contributed by atoms with van der Waals surface area (Å²) in [5.41, 5.74) is 0.686. The number of nitrogens with one attached hydrogen (secondary N) is 1. The van der Waals surface area contributed by atoms with Crippen LogP contribution in [0.25, 0.3) is 0 Å². The number of anilines is 1. The maximum absolute atomic E-state index is 11.8. The zero-order valence-corrected chi connectivity index (χ0v) is 10.7. The number of rotatable bonds is 4. The topological polar surface area (TPSA) is 82.0 Å². The quantitative estimate of drug-likeness (QED) is 0.695. The first kappa shape index (κ1) is 13.8. The summed E-state index contributed by atoms with van der Waals surface area (Å²) >= 11 is 0. The van der Waals surface area contributed by atoms with Gasteiger partial charge in [0.25, 0.3) is 0 Å². The summed E-state index contributed by atoms with van der Waals surface area (Å²) in [5.74, 6) is 0.551. The third kappa shape index (κ3) is 3.66. The van der Waals surface area contributed by atoms with E-state index in [0.717, 1.165) is 5.75 Å². The van der Waals surface area contributed by atoms with E-state index >= 15 is 0 Å². The predicted molar refractivity (Wildman–Crippen MR) is 70.1 cm³/mol. The molecule has 6 heteroatoms. The first-order valence-electron chi connectivity index (χ1n) is 6.11. The first-order valence-corrected chi connectivity index (χ1v) is 6.11. The summed E-state index contributed by atoms with van der Waals surface area (Å²) < 4.78 is 5.03. The molecule has 2 rings (SSSR count). The number of β-amino-alcohol motifs (C(OH)–C–C–N with tert-alkyl or cyclic N) is 2. The molecule has 0 unspecified atom stereocenters. The second-order valence-electron chi connectivity index (χ2n) is 4.61. The van der Waals surface area contributed by atoms with Crippen LogP contribution in [0.3, 0.4) is 0 Å². The number of benzene rings is 1. The smallest absolute Gasteiger partial charge is 0.238 e. The van der Waals surface area contributed by atoms with Crippen molar-refractivity contribution in [2.75, 3.05) is 32.1 Å². The summed E-state index contributed by atoms with van der Waals surface area (Å²) in [6.45, 7) is 0.786. The lowest BCUT2D eigenvalue weighted by atomic mass is 10.3. The van der Waals surface area contributed by atoms with Crippen LogP contribution >= 0.6 is 0 Å². The minimum absolute atomic E-state index is 0.153. The number of ether oxygens (including phenoxy) is 1. The van der Waals surface area contributed by atoms with Crippen molar-refractivity contribution >= 4 is 11.6 Å². The maximum Gasteiger partial charge on any atom is 0.238 e. The second kappa shape index (κ2) is 6.01. The first-order chi connectivity index (χ1) is 9.08. The Balaban J connectivity index is 1.84. The van der Waals surface area contributed by atoms with E-state index in [4.69, 9.17) is 4.74 Å². The summed E-state index contributed by atoms with van der Waals surface area (Å²) in [6, 6.07) is 7.03. The van der Waals surface area contributed by atoms with Gasteiger partial charge in [-0.25, -0.2) is 0 Å². The van der Waals surface area contributed by atoms with Gasteiger partial charge in [0.1, 0.15) is 5.75 Å². The predicted octanol–water partition coefficient (Wildman–Crippen LogP) is -0.329. The van der Waals surface area contributed by atoms with Crippen molar-refractivity contribution in [2.45, 2.75) is 12.2 Å². The average molecular weight is 266 g/mol. The van der Waals surface area contributed by atoms with Gasteiger partial charge in [-0.15, -0.1) is 0 Å². The van der Waals surface area contributed by atoms with E-state index in [0.29, 0.717) is 18.8 Å². The molecule has 0 spiro atoms. The zero-order chi connectivity index (χ0) is 13.8. The standard InChI is InChI=1S/C13H18N2O4/c1-19-10-4-2-9(3-5-10)14-13(18)8-15-6-11(16)12(17)7-15/h2-5,11-12,16-17H,6-8H2,1H3,(H,14,18)/t11-,12+. The summed E-state index contributed by atoms with van der Waals surface area (Å²) in [5, 5.41) is 21.5. The number of carbonyl (C=O) groups is 1. The zero-order valence-electron chi connectivity index (χ0n) is 10.7. The van der Waals surface area contributed by atoms with Crippen molar-refractivity contribution in [1.29, 1.82) is 0 Å². The molecule has 104 valence electrons. The number of hydrogen-bond acceptors (Lipinski definition) is 5. The Kier molecular flexibility index (Phi) is 4.36. The Labute approximate surface area is 111 Å². The van der Waals surface area contributed by atoms with Gasteiger partial charge in [-0.2, -0.15) is 0 Å². The van der Waals surface area contributed by atoms with Crippen molar-refractivity contribution in [3.05, 3.63) is 24.3 Å². The highest BCUT2D eigenvalue weighted by Crippen LogP contribution is 2.15. The fourth-order valence-corrected chi connectivity index (χ4v) is 2.05. The van der Waals surface area contributed by atoms with Crippen LogP contribution in [0.5, 0.6) is 5.75 Å². The van der Waals surface area contributed by atoms with Crippen LogP contribution < -0.4 is 10.1 Å². The highest BCUT2D eigenvalue weighted by Gasteiger charge is 2.30. The van der Waals surface area contributed by atoms with Crippen LogP contribution in [-0.2, 0) is 4.79 Å². The van der Waals surface area contributed by atoms with E-state index in [9.17, 15) is 15.0 Å². The molecule has 0 radical (unpaired) electrons. The maximum atomic E-state index is 11.8. The largest absolute Gasteiger partial charge is 0.497 e. The minimum atomic E-state index is -0.770. The third-order valence-electron chi connectivity index (χ3n) is 3.08. The molecule has 1 fully saturated rings. The van der Waals surface area contributed by atoms with E-state index < -0.39 is 12.2 Å². The Morgan fingerprint density at radius 3 is 2.42 bits per heavy atom. The number of aliphatic hydroxyl groups is 2. The van der Waals surface area contributed by atoms with Gasteiger partial charge >= 0.3 is 0 Å². The Hall–Kier alpha value is -1.63. The molecule has 1 saturated heterocycles. The van der Waals surface area contributed by atoms with Crippen molar-refractivity contribution in [1.82, 2.24) is 4.90 Å². The van der Waals surface area contributed by atoms with Gasteiger partial charge in [0.15, 0.2) is 0 Å². The average Bonchev–Trinajstić information content (AvgIpc) is 2.69. The monoisotopic (exact) mass is 266 g/mol. The Morgan fingerprint density at radius 2 is 1.89 bits per heavy atom. The number of hydrogen-bond donors (Lipinski definition) is 3. The highest BCUT2D eigenvalue weighted by molar-refractivity contribution is 5.92. The van der Waals surface area contributed by atoms with Crippen molar-refractivity contribution in [3.8, 4) is 5.75 Å². The third-order valence-corrected chi connectivity index (χ3v) is 3.08. The van der Waals surface area contributed by atoms with Crippen LogP contribution in [0.2, 0.25) is 0 Å². The number of carbonyl (C=O) groups excluding carboxylic acids is 1. The van der Waals surface area contributed by atoms with Crippen LogP contribution in [-0.4, -0.2) is 60.0 Å². The van der Waals surface area contributed by atoms with Gasteiger partial charge in [-0.3, -0.25) is 9.69 Å². The van der Waals surface area contributed by atoms with Gasteiger partial charge in [0, 0.05) is 18.8 Å². The molecule has 6 nitrogen and oxygen atoms in total. The summed E-state index contributed by atoms with van der Waals surface area (Å²) in [4.78, 5) is 13.5. The molecule has 2 atom stereocenters. The molecule has 1 heterocycles. The lowest BCUT2D eigenvalue weighted by molar-refractivity contribution is -0.117. The van der Waals surface area contributed by atoms with E-state index in [2.05, 4.69) is 5.32 Å². The molecule has 19 heavy (non-hydrogen) atoms. The van der Waals surface area contributed by atoms with E-state index in [-0.39, 0.29) is 12.5 Å². The van der Waals surface area contributed by atoms with Gasteiger partial charge in [-0.1, -0.05) is 0 Å². The molecule has 0 saturated carbocycles. The molecule has 1 aromatic rings. The second-order valence-corrected chi connectivity index (χ2v) is 4.61. The molecule has 0 aromatic heterocycles. The van der Waals surface area contributed by atoms with Crippen LogP contribution in [0.4, 0.5) is 5.69 Å². The summed E-state index contributed by atoms with van der Waals surface area (Å²) in [6.07, 6.45) is -1.54. The van der Waals surface area contributed by atoms with Crippen molar-refractivity contribution in [3.63, 3.8) is 0 Å². The normalized spacial score (nSPS) is 23.3. The minimum Gasteiger partial charge on any atom is -0.497 e. The molecule has 1 aliphatic rings. The Morgan fingerprint density at radius 1 is 1.32 bits per heavy atom. The Bertz CT molecular complexity index is 425. The highest BCUT2D eigenvalue weighted by atomic mass is 16.5. The lowest BCUT2D eigenvalue weighted by Crippen LogP contribution is -2.32. The summed E-state index contributed by atoms with van der Waals surface area (Å²) in [7, 11) is 1.58. The van der Waals surface area contributed by atoms with Gasteiger partial charge < -0.3 is 20.3 Å². The van der Waals surface area contributed by atoms with Crippen LogP contribution in [0, 0.1) is 0 Å². The number of aliphatic hydroxyl groups excluding tert-OH is 2. The van der Waals surface area contributed by atoms with Crippen molar-refractivity contribution < 1.29 is 19.7 Å². The molecule has 1 aliphatic heterocycles. The lowest BCUT2D eigenvalue weighted by Gasteiger charge is -2.14. The number of methoxy groups -OCH3 is 1. The number of nitrogens with zero attached hydrogens (tertiary/aromatic N) is 1. The van der Waals surface area contributed by atoms with Crippen LogP contribution in [0.1, 0.15) is 0 Å². The fourth-order valence-electron chi connectivity index (χ4n) is 2.05. The molecule has 3 N–H and O–H groups in total. The van der Waals surface area contributed by atoms with Gasteiger partial charge in [0.05, 0.1) is 25.9 Å². The number of amides is 1. The molecular formula is C13H18N2O4. The SMILES string of the molecule is COc1ccc(NC(=O)CN2C[C@@H](O)[C@@H](O)C2)cc1. The van der Waals surface area contributed by atoms with Crippen molar-refractivity contribution in [2.24, 2.45) is 0 Å². The molecule has 1 amide bonds. The van der Waals surface area contributed by atoms with E-state index in [1.807, 2.05) is 0 Å². The fraction of sp³-hybridized carbons (Fsp3) is 0.462. The molecule has 1 aromatic carbocycles. The van der Waals surface area contributed by atoms with Crippen LogP contribution in [0.15, 0.2) is 24.3 Å². The van der Waals surface area contributed by atoms with E-state index in [1.54, 1.807) is 36.3 Å². The van der Waals surface area contributed by atoms with Gasteiger partial charge in [-0.05, 0) is 24.3 Å². The molecular weight excluding hydrogens is 248 g/mol. The molecule has 0 aliphatic carbocycles. The number of likely N-dealkylation sites (tertiary alicyclic amines) is 1. The van der Waals surface area contributed by atoms with Gasteiger partial charge in [0.2, 0.25) is 5.91 Å². The van der Waals surface area contributed by atoms with E-state index in [1.165, 1.54) is 0 Å².